The van der Waals surface area contributed by atoms with Crippen molar-refractivity contribution in [1.82, 2.24) is 4.90 Å². The van der Waals surface area contributed by atoms with E-state index in [1.165, 1.54) is 11.9 Å². The number of ether oxygens (including phenoxy) is 1. The summed E-state index contributed by atoms with van der Waals surface area (Å²) in [6.07, 6.45) is 2.06. The van der Waals surface area contributed by atoms with Gasteiger partial charge in [-0.2, -0.15) is 0 Å². The van der Waals surface area contributed by atoms with Gasteiger partial charge in [-0.3, -0.25) is 4.90 Å². The summed E-state index contributed by atoms with van der Waals surface area (Å²) in [4.78, 5) is 24.1. The first-order chi connectivity index (χ1) is 7.70. The van der Waals surface area contributed by atoms with Crippen molar-refractivity contribution in [2.24, 2.45) is 5.92 Å². The molecule has 0 bridgehead atoms. The zero-order valence-corrected chi connectivity index (χ0v) is 10.9. The fourth-order valence-electron chi connectivity index (χ4n) is 1.56. The Morgan fingerprint density at radius 3 is 2.22 bits per heavy atom. The Labute approximate surface area is 109 Å². The number of carbonyl (C=O) groups is 2. The Kier molecular flexibility index (Phi) is 5.64. The van der Waals surface area contributed by atoms with Gasteiger partial charge in [-0.05, 0) is 33.1 Å². The highest BCUT2D eigenvalue weighted by molar-refractivity contribution is 5.80. The monoisotopic (exact) mass is 259 g/mol. The molecule has 0 heterocycles. The number of hydrogen-bond donors (Lipinski definition) is 1. The number of likely N-dealkylation sites (N-methyl/N-ethyl adjacent to an activating group) is 1. The third-order valence-corrected chi connectivity index (χ3v) is 2.69. The molecule has 0 aromatic rings. The molecular weight excluding hydrogens is 234 g/mol. The lowest BCUT2D eigenvalue weighted by Crippen LogP contribution is -2.45. The summed E-state index contributed by atoms with van der Waals surface area (Å²) in [5.41, 5.74) is -0.603. The van der Waals surface area contributed by atoms with E-state index in [2.05, 4.69) is 0 Å². The van der Waals surface area contributed by atoms with E-state index in [4.69, 9.17) is 9.84 Å². The van der Waals surface area contributed by atoms with Crippen molar-refractivity contribution in [3.63, 3.8) is 0 Å². The molecule has 1 amide bonds. The van der Waals surface area contributed by atoms with Crippen LogP contribution in [0.15, 0.2) is 0 Å². The number of hydrogen-bond acceptors (Lipinski definition) is 3. The summed E-state index contributed by atoms with van der Waals surface area (Å²) in [5.74, 6) is -0.522. The summed E-state index contributed by atoms with van der Waals surface area (Å²) in [6.45, 7) is 5.28. The second-order valence-electron chi connectivity index (χ2n) is 5.62. The van der Waals surface area contributed by atoms with Crippen LogP contribution in [0.1, 0.15) is 47.5 Å². The Balaban J connectivity index is 0.00000289. The summed E-state index contributed by atoms with van der Waals surface area (Å²) in [7, 11) is 1.48. The van der Waals surface area contributed by atoms with Gasteiger partial charge in [0.1, 0.15) is 11.6 Å². The van der Waals surface area contributed by atoms with Gasteiger partial charge in [-0.15, -0.1) is 0 Å². The van der Waals surface area contributed by atoms with Crippen LogP contribution in [-0.2, 0) is 9.53 Å². The smallest absolute Gasteiger partial charge is 0.410 e. The molecule has 0 saturated heterocycles. The van der Waals surface area contributed by atoms with E-state index in [1.807, 2.05) is 0 Å². The van der Waals surface area contributed by atoms with Gasteiger partial charge >= 0.3 is 12.1 Å². The third-order valence-electron chi connectivity index (χ3n) is 2.69. The fourth-order valence-corrected chi connectivity index (χ4v) is 1.56. The normalized spacial score (nSPS) is 16.4. The van der Waals surface area contributed by atoms with Crippen LogP contribution in [0.3, 0.4) is 0 Å². The number of carboxylic acid groups (broad SMARTS) is 1. The number of nitrogens with zero attached hydrogens (tertiary/aromatic N) is 1. The highest BCUT2D eigenvalue weighted by atomic mass is 16.6. The van der Waals surface area contributed by atoms with E-state index in [0.717, 1.165) is 12.8 Å². The Morgan fingerprint density at radius 1 is 1.39 bits per heavy atom. The third kappa shape index (κ3) is 5.38. The number of rotatable bonds is 4. The molecule has 5 heteroatoms. The molecule has 0 aliphatic heterocycles. The van der Waals surface area contributed by atoms with Gasteiger partial charge in [0.15, 0.2) is 0 Å². The van der Waals surface area contributed by atoms with E-state index in [9.17, 15) is 9.59 Å². The molecule has 5 nitrogen and oxygen atoms in total. The maximum absolute atomic E-state index is 11.7. The van der Waals surface area contributed by atoms with E-state index >= 15 is 0 Å². The minimum Gasteiger partial charge on any atom is -0.480 e. The molecule has 18 heavy (non-hydrogen) atoms. The highest BCUT2D eigenvalue weighted by Gasteiger charge is 2.35. The fraction of sp³-hybridized carbons (Fsp3) is 0.846. The lowest BCUT2D eigenvalue weighted by Gasteiger charge is -2.28. The second-order valence-corrected chi connectivity index (χ2v) is 5.62. The Morgan fingerprint density at radius 2 is 1.89 bits per heavy atom. The number of carbonyl (C=O) groups excluding carboxylic acids is 1. The van der Waals surface area contributed by atoms with E-state index < -0.39 is 23.7 Å². The molecule has 1 aliphatic rings. The molecule has 0 unspecified atom stereocenters. The molecule has 1 aliphatic carbocycles. The van der Waals surface area contributed by atoms with Crippen LogP contribution in [0.25, 0.3) is 0 Å². The van der Waals surface area contributed by atoms with Gasteiger partial charge in [0.05, 0.1) is 0 Å². The van der Waals surface area contributed by atoms with E-state index in [1.54, 1.807) is 20.8 Å². The van der Waals surface area contributed by atoms with Crippen molar-refractivity contribution >= 4 is 12.1 Å². The van der Waals surface area contributed by atoms with Crippen LogP contribution in [0.5, 0.6) is 0 Å². The summed E-state index contributed by atoms with van der Waals surface area (Å²) in [6, 6.07) is -0.780. The Hall–Kier alpha value is -1.26. The zero-order valence-electron chi connectivity index (χ0n) is 10.9. The summed E-state index contributed by atoms with van der Waals surface area (Å²) >= 11 is 0. The first-order valence-electron chi connectivity index (χ1n) is 5.89. The van der Waals surface area contributed by atoms with Crippen molar-refractivity contribution in [2.75, 3.05) is 7.05 Å². The predicted octanol–water partition coefficient (Wildman–Crippen LogP) is 2.74. The molecule has 1 fully saturated rings. The average Bonchev–Trinajstić information content (AvgIpc) is 2.93. The topological polar surface area (TPSA) is 66.8 Å². The van der Waals surface area contributed by atoms with Crippen molar-refractivity contribution in [3.8, 4) is 0 Å². The zero-order chi connectivity index (χ0) is 13.2. The standard InChI is InChI=1S/C12H21NO4.CH4/c1-12(2,3)17-11(16)13(4)9(10(14)15)7-8-5-6-8;/h8-9H,5-7H2,1-4H3,(H,14,15);1H4/t9-;/m0./s1. The van der Waals surface area contributed by atoms with E-state index in [0.29, 0.717) is 12.3 Å². The van der Waals surface area contributed by atoms with Crippen molar-refractivity contribution in [2.45, 2.75) is 59.1 Å². The van der Waals surface area contributed by atoms with Crippen molar-refractivity contribution in [1.29, 1.82) is 0 Å². The van der Waals surface area contributed by atoms with Crippen molar-refractivity contribution < 1.29 is 19.4 Å². The quantitative estimate of drug-likeness (QED) is 0.843. The van der Waals surface area contributed by atoms with Crippen LogP contribution in [0, 0.1) is 5.92 Å². The molecule has 1 saturated carbocycles. The molecule has 0 radical (unpaired) electrons. The predicted molar refractivity (Wildman–Crippen MR) is 69.5 cm³/mol. The Bertz CT molecular complexity index is 305. The molecular formula is C13H25NO4. The van der Waals surface area contributed by atoms with Gasteiger partial charge in [-0.25, -0.2) is 9.59 Å². The molecule has 1 rings (SSSR count). The molecule has 1 N–H and O–H groups in total. The van der Waals surface area contributed by atoms with Crippen LogP contribution in [0.2, 0.25) is 0 Å². The summed E-state index contributed by atoms with van der Waals surface area (Å²) < 4.78 is 5.16. The number of amides is 1. The number of carboxylic acids is 1. The first-order valence-corrected chi connectivity index (χ1v) is 5.89. The number of aliphatic carboxylic acids is 1. The van der Waals surface area contributed by atoms with Gasteiger partial charge in [0.25, 0.3) is 0 Å². The van der Waals surface area contributed by atoms with Gasteiger partial charge in [0, 0.05) is 7.05 Å². The van der Waals surface area contributed by atoms with E-state index in [-0.39, 0.29) is 7.43 Å². The van der Waals surface area contributed by atoms with Crippen LogP contribution in [-0.4, -0.2) is 40.8 Å². The maximum Gasteiger partial charge on any atom is 0.410 e. The second kappa shape index (κ2) is 6.07. The van der Waals surface area contributed by atoms with Gasteiger partial charge < -0.3 is 9.84 Å². The molecule has 106 valence electrons. The molecule has 0 aromatic heterocycles. The first kappa shape index (κ1) is 16.7. The highest BCUT2D eigenvalue weighted by Crippen LogP contribution is 2.34. The van der Waals surface area contributed by atoms with Crippen LogP contribution in [0.4, 0.5) is 4.79 Å². The lowest BCUT2D eigenvalue weighted by atomic mass is 10.1. The SMILES string of the molecule is C.CN(C(=O)OC(C)(C)C)[C@@H](CC1CC1)C(=O)O. The van der Waals surface area contributed by atoms with Gasteiger partial charge in [0.2, 0.25) is 0 Å². The molecule has 0 aromatic carbocycles. The summed E-state index contributed by atoms with van der Waals surface area (Å²) in [5, 5.41) is 9.12. The molecule has 1 atom stereocenters. The van der Waals surface area contributed by atoms with Gasteiger partial charge in [-0.1, -0.05) is 20.3 Å². The lowest BCUT2D eigenvalue weighted by molar-refractivity contribution is -0.143. The van der Waals surface area contributed by atoms with Crippen LogP contribution >= 0.6 is 0 Å². The van der Waals surface area contributed by atoms with Crippen molar-refractivity contribution in [3.05, 3.63) is 0 Å². The minimum absolute atomic E-state index is 0. The largest absolute Gasteiger partial charge is 0.480 e. The van der Waals surface area contributed by atoms with Crippen LogP contribution < -0.4 is 0 Å². The molecule has 0 spiro atoms. The maximum atomic E-state index is 11.7. The average molecular weight is 259 g/mol. The minimum atomic E-state index is -0.967.